The molecule has 1 aliphatic carbocycles. The zero-order valence-electron chi connectivity index (χ0n) is 13.8. The summed E-state index contributed by atoms with van der Waals surface area (Å²) >= 11 is 6.18. The molecule has 2 aliphatic rings. The highest BCUT2D eigenvalue weighted by Gasteiger charge is 2.29. The number of carbonyl (C=O) groups excluding carboxylic acids is 1. The fourth-order valence-electron chi connectivity index (χ4n) is 4.27. The van der Waals surface area contributed by atoms with Crippen LogP contribution in [0, 0.1) is 0 Å². The molecule has 1 aromatic heterocycles. The topological polar surface area (TPSA) is 56.9 Å². The van der Waals surface area contributed by atoms with Crippen molar-refractivity contribution < 1.29 is 4.79 Å². The van der Waals surface area contributed by atoms with Crippen LogP contribution in [-0.4, -0.2) is 29.5 Å². The van der Waals surface area contributed by atoms with E-state index in [9.17, 15) is 4.79 Å². The monoisotopic (exact) mass is 345 g/mol. The van der Waals surface area contributed by atoms with Crippen LogP contribution in [0.4, 0.5) is 0 Å². The maximum atomic E-state index is 12.4. The van der Waals surface area contributed by atoms with Gasteiger partial charge in [0.25, 0.3) is 0 Å². The lowest BCUT2D eigenvalue weighted by Crippen LogP contribution is -2.46. The second-order valence-corrected chi connectivity index (χ2v) is 7.59. The lowest BCUT2D eigenvalue weighted by Gasteiger charge is -2.30. The number of benzene rings is 1. The fraction of sp³-hybridized carbons (Fsp3) is 0.526. The maximum absolute atomic E-state index is 12.4. The molecule has 0 bridgehead atoms. The summed E-state index contributed by atoms with van der Waals surface area (Å²) in [6.45, 7) is 0.960. The molecule has 128 valence electrons. The quantitative estimate of drug-likeness (QED) is 0.794. The molecule has 24 heavy (non-hydrogen) atoms. The van der Waals surface area contributed by atoms with Crippen LogP contribution in [-0.2, 0) is 4.79 Å². The van der Waals surface area contributed by atoms with Gasteiger partial charge in [-0.1, -0.05) is 18.0 Å². The van der Waals surface area contributed by atoms with Gasteiger partial charge in [-0.25, -0.2) is 0 Å². The Morgan fingerprint density at radius 2 is 2.12 bits per heavy atom. The summed E-state index contributed by atoms with van der Waals surface area (Å²) in [6, 6.07) is 6.30. The minimum Gasteiger partial charge on any atom is -0.361 e. The van der Waals surface area contributed by atoms with Gasteiger partial charge in [-0.15, -0.1) is 0 Å². The Balaban J connectivity index is 1.47. The molecular formula is C19H24ClN3O. The molecule has 2 fully saturated rings. The molecule has 1 aliphatic heterocycles. The maximum Gasteiger partial charge on any atom is 0.237 e. The number of nitrogens with one attached hydrogen (secondary N) is 3. The first-order chi connectivity index (χ1) is 11.7. The van der Waals surface area contributed by atoms with Crippen molar-refractivity contribution in [2.45, 2.75) is 56.5 Å². The average molecular weight is 346 g/mol. The van der Waals surface area contributed by atoms with E-state index in [0.29, 0.717) is 5.92 Å². The molecule has 5 heteroatoms. The molecule has 3 N–H and O–H groups in total. The molecule has 4 nitrogen and oxygen atoms in total. The second kappa shape index (κ2) is 6.77. The van der Waals surface area contributed by atoms with E-state index in [0.717, 1.165) is 49.2 Å². The highest BCUT2D eigenvalue weighted by molar-refractivity contribution is 6.31. The highest BCUT2D eigenvalue weighted by Crippen LogP contribution is 2.37. The number of hydrogen-bond donors (Lipinski definition) is 3. The number of aromatic amines is 1. The van der Waals surface area contributed by atoms with E-state index in [4.69, 9.17) is 11.6 Å². The van der Waals surface area contributed by atoms with Gasteiger partial charge in [0.1, 0.15) is 0 Å². The van der Waals surface area contributed by atoms with Gasteiger partial charge in [-0.05, 0) is 68.3 Å². The third-order valence-electron chi connectivity index (χ3n) is 5.51. The van der Waals surface area contributed by atoms with Gasteiger partial charge in [0.2, 0.25) is 5.91 Å². The van der Waals surface area contributed by atoms with Crippen LogP contribution in [0.25, 0.3) is 10.9 Å². The largest absolute Gasteiger partial charge is 0.361 e. The normalized spacial score (nSPS) is 27.5. The zero-order chi connectivity index (χ0) is 16.5. The van der Waals surface area contributed by atoms with Gasteiger partial charge in [-0.3, -0.25) is 4.79 Å². The number of aromatic nitrogens is 1. The molecule has 2 unspecified atom stereocenters. The van der Waals surface area contributed by atoms with Gasteiger partial charge in [0, 0.05) is 28.2 Å². The Bertz CT molecular complexity index is 735. The molecule has 1 amide bonds. The second-order valence-electron chi connectivity index (χ2n) is 7.15. The van der Waals surface area contributed by atoms with Gasteiger partial charge in [0.15, 0.2) is 0 Å². The predicted octanol–water partition coefficient (Wildman–Crippen LogP) is 3.72. The minimum absolute atomic E-state index is 0.0114. The van der Waals surface area contributed by atoms with Gasteiger partial charge >= 0.3 is 0 Å². The first-order valence-corrected chi connectivity index (χ1v) is 9.39. The van der Waals surface area contributed by atoms with E-state index < -0.39 is 0 Å². The van der Waals surface area contributed by atoms with Crippen LogP contribution in [0.2, 0.25) is 5.02 Å². The lowest BCUT2D eigenvalue weighted by atomic mass is 9.81. The predicted molar refractivity (Wildman–Crippen MR) is 97.5 cm³/mol. The van der Waals surface area contributed by atoms with Crippen molar-refractivity contribution in [1.82, 2.24) is 15.6 Å². The summed E-state index contributed by atoms with van der Waals surface area (Å²) in [4.78, 5) is 15.7. The minimum atomic E-state index is 0.0114. The molecule has 0 spiro atoms. The van der Waals surface area contributed by atoms with E-state index in [1.807, 2.05) is 18.2 Å². The van der Waals surface area contributed by atoms with Crippen molar-refractivity contribution in [2.75, 3.05) is 6.54 Å². The Kier molecular flexibility index (Phi) is 4.51. The fourth-order valence-corrected chi connectivity index (χ4v) is 4.44. The van der Waals surface area contributed by atoms with Crippen molar-refractivity contribution in [3.05, 3.63) is 35.0 Å². The summed E-state index contributed by atoms with van der Waals surface area (Å²) in [6.07, 6.45) is 8.60. The number of H-pyrrole nitrogens is 1. The molecule has 2 aromatic rings. The zero-order valence-corrected chi connectivity index (χ0v) is 14.5. The standard InChI is InChI=1S/C19H24ClN3O/c20-13-6-7-17-15(10-13)16(11-22-17)12-3-1-4-14(9-12)23-19(24)18-5-2-8-21-18/h6-7,10-12,14,18,21-22H,1-5,8-9H2,(H,23,24)/t12-,14?,18?/m1/s1. The third-order valence-corrected chi connectivity index (χ3v) is 5.75. The molecule has 4 rings (SSSR count). The molecular weight excluding hydrogens is 322 g/mol. The van der Waals surface area contributed by atoms with Crippen LogP contribution >= 0.6 is 11.6 Å². The molecule has 3 atom stereocenters. The van der Waals surface area contributed by atoms with Crippen molar-refractivity contribution in [1.29, 1.82) is 0 Å². The van der Waals surface area contributed by atoms with Crippen molar-refractivity contribution >= 4 is 28.4 Å². The van der Waals surface area contributed by atoms with Crippen LogP contribution in [0.1, 0.15) is 50.0 Å². The first kappa shape index (κ1) is 16.0. The summed E-state index contributed by atoms with van der Waals surface area (Å²) in [7, 11) is 0. The van der Waals surface area contributed by atoms with Crippen LogP contribution in [0.3, 0.4) is 0 Å². The van der Waals surface area contributed by atoms with Gasteiger partial charge in [0.05, 0.1) is 6.04 Å². The number of carbonyl (C=O) groups is 1. The number of hydrogen-bond acceptors (Lipinski definition) is 2. The van der Waals surface area contributed by atoms with E-state index in [-0.39, 0.29) is 18.0 Å². The Labute approximate surface area is 147 Å². The summed E-state index contributed by atoms with van der Waals surface area (Å²) in [5.41, 5.74) is 2.47. The van der Waals surface area contributed by atoms with Crippen LogP contribution < -0.4 is 10.6 Å². The molecule has 1 saturated heterocycles. The Hall–Kier alpha value is -1.52. The van der Waals surface area contributed by atoms with E-state index in [1.54, 1.807) is 0 Å². The Morgan fingerprint density at radius 3 is 2.96 bits per heavy atom. The summed E-state index contributed by atoms with van der Waals surface area (Å²) in [5.74, 6) is 0.660. The van der Waals surface area contributed by atoms with E-state index in [2.05, 4.69) is 21.8 Å². The smallest absolute Gasteiger partial charge is 0.237 e. The Morgan fingerprint density at radius 1 is 1.21 bits per heavy atom. The number of amides is 1. The SMILES string of the molecule is O=C(NC1CCC[C@@H](c2c[nH]c3ccc(Cl)cc23)C1)C1CCCN1. The highest BCUT2D eigenvalue weighted by atomic mass is 35.5. The van der Waals surface area contributed by atoms with Crippen LogP contribution in [0.15, 0.2) is 24.4 Å². The number of fused-ring (bicyclic) bond motifs is 1. The summed E-state index contributed by atoms with van der Waals surface area (Å²) < 4.78 is 0. The third kappa shape index (κ3) is 3.17. The van der Waals surface area contributed by atoms with Crippen LogP contribution in [0.5, 0.6) is 0 Å². The molecule has 2 heterocycles. The summed E-state index contributed by atoms with van der Waals surface area (Å²) in [5, 5.41) is 8.55. The van der Waals surface area contributed by atoms with Crippen molar-refractivity contribution in [2.24, 2.45) is 0 Å². The number of rotatable bonds is 3. The number of halogens is 1. The molecule has 1 aromatic carbocycles. The molecule has 1 saturated carbocycles. The van der Waals surface area contributed by atoms with Crippen molar-refractivity contribution in [3.63, 3.8) is 0 Å². The average Bonchev–Trinajstić information content (AvgIpc) is 3.24. The van der Waals surface area contributed by atoms with Gasteiger partial charge < -0.3 is 15.6 Å². The van der Waals surface area contributed by atoms with Gasteiger partial charge in [-0.2, -0.15) is 0 Å². The first-order valence-electron chi connectivity index (χ1n) is 9.01. The lowest BCUT2D eigenvalue weighted by molar-refractivity contribution is -0.123. The molecule has 0 radical (unpaired) electrons. The van der Waals surface area contributed by atoms with E-state index >= 15 is 0 Å². The van der Waals surface area contributed by atoms with Crippen molar-refractivity contribution in [3.8, 4) is 0 Å². The van der Waals surface area contributed by atoms with E-state index in [1.165, 1.54) is 17.4 Å².